The summed E-state index contributed by atoms with van der Waals surface area (Å²) in [5.74, 6) is -1.19. The molecule has 0 bridgehead atoms. The molecule has 1 fully saturated rings. The second-order valence-corrected chi connectivity index (χ2v) is 9.90. The smallest absolute Gasteiger partial charge is 0.270 e. The number of aromatic nitrogens is 1. The van der Waals surface area contributed by atoms with Crippen LogP contribution in [0.1, 0.15) is 36.2 Å². The lowest BCUT2D eigenvalue weighted by molar-refractivity contribution is -0.116. The van der Waals surface area contributed by atoms with E-state index in [1.54, 1.807) is 12.1 Å². The molecule has 0 radical (unpaired) electrons. The van der Waals surface area contributed by atoms with Crippen molar-refractivity contribution in [2.24, 2.45) is 5.73 Å². The predicted molar refractivity (Wildman–Crippen MR) is 139 cm³/mol. The highest BCUT2D eigenvalue weighted by atomic mass is 32.1. The lowest BCUT2D eigenvalue weighted by atomic mass is 10.1. The summed E-state index contributed by atoms with van der Waals surface area (Å²) >= 11 is 1.14. The number of thiazole rings is 1. The van der Waals surface area contributed by atoms with Crippen molar-refractivity contribution in [1.29, 1.82) is 0 Å². The molecule has 3 aromatic rings. The van der Waals surface area contributed by atoms with E-state index in [0.29, 0.717) is 22.2 Å². The third-order valence-corrected chi connectivity index (χ3v) is 7.03. The summed E-state index contributed by atoms with van der Waals surface area (Å²) < 4.78 is 13.6. The fraction of sp³-hybridized carbons (Fsp3) is 0.400. The van der Waals surface area contributed by atoms with Crippen molar-refractivity contribution in [3.63, 3.8) is 0 Å². The van der Waals surface area contributed by atoms with E-state index in [0.717, 1.165) is 74.1 Å². The summed E-state index contributed by atoms with van der Waals surface area (Å²) in [6, 6.07) is 10.1. The lowest BCUT2D eigenvalue weighted by Gasteiger charge is -2.32. The Morgan fingerprint density at radius 3 is 2.60 bits per heavy atom. The average molecular weight is 499 g/mol. The van der Waals surface area contributed by atoms with Gasteiger partial charge in [-0.3, -0.25) is 9.59 Å². The molecule has 0 spiro atoms. The molecule has 8 nitrogen and oxygen atoms in total. The highest BCUT2D eigenvalue weighted by Crippen LogP contribution is 2.31. The van der Waals surface area contributed by atoms with E-state index < -0.39 is 5.91 Å². The number of hydrogen-bond acceptors (Lipinski definition) is 7. The number of amides is 2. The van der Waals surface area contributed by atoms with Crippen molar-refractivity contribution < 1.29 is 14.0 Å². The summed E-state index contributed by atoms with van der Waals surface area (Å²) in [6.45, 7) is 5.48. The molecule has 1 aliphatic rings. The molecule has 0 unspecified atom stereocenters. The molecule has 4 N–H and O–H groups in total. The molecule has 186 valence electrons. The standard InChI is InChI=1S/C25H31FN6O2S/c1-31-11-13-32(14-12-31)10-4-2-3-5-21(33)29-24-22(23(27)34)30-25(35-24)28-20-9-7-17-6-8-19(26)15-18(17)16-20/h6-9,15-16H,2-5,10-14H2,1H3,(H2,27,34)(H,28,30)(H,29,33). The number of hydrogen-bond donors (Lipinski definition) is 3. The number of carbonyl (C=O) groups is 2. The van der Waals surface area contributed by atoms with Crippen molar-refractivity contribution in [2.45, 2.75) is 25.7 Å². The molecule has 1 aromatic heterocycles. The van der Waals surface area contributed by atoms with E-state index in [2.05, 4.69) is 32.5 Å². The van der Waals surface area contributed by atoms with Crippen LogP contribution in [0.2, 0.25) is 0 Å². The van der Waals surface area contributed by atoms with E-state index in [1.807, 2.05) is 12.1 Å². The molecule has 0 saturated carbocycles. The monoisotopic (exact) mass is 498 g/mol. The Bertz CT molecular complexity index is 1190. The molecule has 4 rings (SSSR count). The van der Waals surface area contributed by atoms with Crippen LogP contribution in [0.15, 0.2) is 36.4 Å². The van der Waals surface area contributed by atoms with E-state index >= 15 is 0 Å². The first-order valence-electron chi connectivity index (χ1n) is 11.8. The van der Waals surface area contributed by atoms with Crippen LogP contribution in [0.3, 0.4) is 0 Å². The Kier molecular flexibility index (Phi) is 8.27. The number of primary amides is 1. The molecule has 2 heterocycles. The number of fused-ring (bicyclic) bond motifs is 1. The van der Waals surface area contributed by atoms with Crippen molar-refractivity contribution in [3.8, 4) is 0 Å². The average Bonchev–Trinajstić information content (AvgIpc) is 3.22. The van der Waals surface area contributed by atoms with E-state index in [1.165, 1.54) is 12.1 Å². The van der Waals surface area contributed by atoms with Crippen molar-refractivity contribution in [3.05, 3.63) is 47.9 Å². The summed E-state index contributed by atoms with van der Waals surface area (Å²) in [4.78, 5) is 33.4. The van der Waals surface area contributed by atoms with Crippen molar-refractivity contribution >= 4 is 49.7 Å². The van der Waals surface area contributed by atoms with Gasteiger partial charge in [-0.05, 0) is 61.5 Å². The molecular formula is C25H31FN6O2S. The van der Waals surface area contributed by atoms with E-state index in [4.69, 9.17) is 5.73 Å². The van der Waals surface area contributed by atoms with Gasteiger partial charge in [0.15, 0.2) is 10.8 Å². The van der Waals surface area contributed by atoms with Crippen LogP contribution in [-0.4, -0.2) is 66.4 Å². The van der Waals surface area contributed by atoms with E-state index in [9.17, 15) is 14.0 Å². The molecular weight excluding hydrogens is 467 g/mol. The maximum Gasteiger partial charge on any atom is 0.270 e. The lowest BCUT2D eigenvalue weighted by Crippen LogP contribution is -2.44. The Labute approximate surface area is 208 Å². The third-order valence-electron chi connectivity index (χ3n) is 6.14. The number of unbranched alkanes of at least 4 members (excludes halogenated alkanes) is 2. The molecule has 0 aliphatic carbocycles. The van der Waals surface area contributed by atoms with E-state index in [-0.39, 0.29) is 17.4 Å². The maximum atomic E-state index is 13.6. The minimum absolute atomic E-state index is 0.0211. The van der Waals surface area contributed by atoms with Gasteiger partial charge in [-0.2, -0.15) is 0 Å². The zero-order valence-corrected chi connectivity index (χ0v) is 20.7. The highest BCUT2D eigenvalue weighted by molar-refractivity contribution is 7.20. The first kappa shape index (κ1) is 25.0. The molecule has 0 atom stereocenters. The molecule has 10 heteroatoms. The second kappa shape index (κ2) is 11.6. The van der Waals surface area contributed by atoms with Crippen molar-refractivity contribution in [2.75, 3.05) is 50.4 Å². The summed E-state index contributed by atoms with van der Waals surface area (Å²) in [7, 11) is 2.15. The van der Waals surface area contributed by atoms with Gasteiger partial charge in [0.2, 0.25) is 5.91 Å². The Hall–Kier alpha value is -3.08. The molecule has 1 aliphatic heterocycles. The summed E-state index contributed by atoms with van der Waals surface area (Å²) in [6.07, 6.45) is 3.19. The van der Waals surface area contributed by atoms with Gasteiger partial charge in [-0.15, -0.1) is 0 Å². The number of halogens is 1. The first-order valence-corrected chi connectivity index (χ1v) is 12.7. The highest BCUT2D eigenvalue weighted by Gasteiger charge is 2.18. The van der Waals surface area contributed by atoms with Crippen LogP contribution in [0, 0.1) is 5.82 Å². The number of nitrogens with zero attached hydrogens (tertiary/aromatic N) is 3. The number of piperazine rings is 1. The predicted octanol–water partition coefficient (Wildman–Crippen LogP) is 4.02. The van der Waals surface area contributed by atoms with Gasteiger partial charge < -0.3 is 26.2 Å². The number of likely N-dealkylation sites (N-methyl/N-ethyl adjacent to an activating group) is 1. The van der Waals surface area contributed by atoms with Crippen LogP contribution in [0.5, 0.6) is 0 Å². The number of carbonyl (C=O) groups excluding carboxylic acids is 2. The quantitative estimate of drug-likeness (QED) is 0.365. The van der Waals surface area contributed by atoms with Crippen LogP contribution in [0.25, 0.3) is 10.8 Å². The fourth-order valence-corrected chi connectivity index (χ4v) is 5.01. The minimum atomic E-state index is -0.711. The fourth-order valence-electron chi connectivity index (χ4n) is 4.10. The van der Waals surface area contributed by atoms with Gasteiger partial charge in [0.25, 0.3) is 5.91 Å². The zero-order valence-electron chi connectivity index (χ0n) is 19.8. The third kappa shape index (κ3) is 6.97. The number of nitrogens with two attached hydrogens (primary N) is 1. The van der Waals surface area contributed by atoms with Crippen LogP contribution in [-0.2, 0) is 4.79 Å². The van der Waals surface area contributed by atoms with Crippen LogP contribution in [0.4, 0.5) is 20.2 Å². The Morgan fingerprint density at radius 2 is 1.83 bits per heavy atom. The number of rotatable bonds is 10. The number of nitrogens with one attached hydrogen (secondary N) is 2. The van der Waals surface area contributed by atoms with Gasteiger partial charge in [-0.25, -0.2) is 9.37 Å². The SMILES string of the molecule is CN1CCN(CCCCCC(=O)Nc2sc(Nc3ccc4ccc(F)cc4c3)nc2C(N)=O)CC1. The topological polar surface area (TPSA) is 104 Å². The minimum Gasteiger partial charge on any atom is -0.364 e. The van der Waals surface area contributed by atoms with Gasteiger partial charge in [-0.1, -0.05) is 29.9 Å². The normalized spacial score (nSPS) is 14.8. The molecule has 1 saturated heterocycles. The van der Waals surface area contributed by atoms with Crippen LogP contribution >= 0.6 is 11.3 Å². The summed E-state index contributed by atoms with van der Waals surface area (Å²) in [5.41, 5.74) is 6.19. The van der Waals surface area contributed by atoms with Crippen LogP contribution < -0.4 is 16.4 Å². The summed E-state index contributed by atoms with van der Waals surface area (Å²) in [5, 5.41) is 8.30. The van der Waals surface area contributed by atoms with Crippen molar-refractivity contribution in [1.82, 2.24) is 14.8 Å². The molecule has 35 heavy (non-hydrogen) atoms. The molecule has 2 aromatic carbocycles. The van der Waals surface area contributed by atoms with Gasteiger partial charge in [0.05, 0.1) is 0 Å². The second-order valence-electron chi connectivity index (χ2n) is 8.90. The van der Waals surface area contributed by atoms with Gasteiger partial charge in [0.1, 0.15) is 10.8 Å². The number of anilines is 3. The number of benzene rings is 2. The first-order chi connectivity index (χ1) is 16.9. The Balaban J connectivity index is 1.29. The maximum absolute atomic E-state index is 13.6. The molecule has 2 amide bonds. The van der Waals surface area contributed by atoms with Gasteiger partial charge in [0, 0.05) is 38.3 Å². The van der Waals surface area contributed by atoms with Gasteiger partial charge >= 0.3 is 0 Å². The largest absolute Gasteiger partial charge is 0.364 e. The Morgan fingerprint density at radius 1 is 1.06 bits per heavy atom. The zero-order chi connectivity index (χ0) is 24.8.